The lowest BCUT2D eigenvalue weighted by Crippen LogP contribution is -2.18. The first-order valence-electron chi connectivity index (χ1n) is 7.00. The second kappa shape index (κ2) is 7.66. The summed E-state index contributed by atoms with van der Waals surface area (Å²) in [5, 5.41) is 15.8. The van der Waals surface area contributed by atoms with Crippen LogP contribution in [0.1, 0.15) is 31.0 Å². The number of benzene rings is 1. The molecule has 0 saturated carbocycles. The van der Waals surface area contributed by atoms with E-state index < -0.39 is 0 Å². The zero-order valence-corrected chi connectivity index (χ0v) is 13.4. The number of hydrogen-bond donors (Lipinski definition) is 1. The molecule has 0 spiro atoms. The zero-order chi connectivity index (χ0) is 15.9. The predicted octanol–water partition coefficient (Wildman–Crippen LogP) is 3.21. The highest BCUT2D eigenvalue weighted by molar-refractivity contribution is 7.99. The van der Waals surface area contributed by atoms with E-state index in [4.69, 9.17) is 5.26 Å². The lowest BCUT2D eigenvalue weighted by atomic mass is 10.2. The minimum absolute atomic E-state index is 0.0407. The molecule has 1 N–H and O–H groups in total. The topological polar surface area (TPSA) is 70.7 Å². The molecule has 1 heterocycles. The summed E-state index contributed by atoms with van der Waals surface area (Å²) in [5.41, 5.74) is 1.75. The standard InChI is InChI=1S/C16H18N4OS/c1-12(2)20-15(7-8-18-20)19-16(21)11-22-10-14-5-3-13(9-17)4-6-14/h3-8,12H,10-11H2,1-2H3,(H,19,21). The summed E-state index contributed by atoms with van der Waals surface area (Å²) in [5.74, 6) is 1.80. The maximum Gasteiger partial charge on any atom is 0.235 e. The smallest absolute Gasteiger partial charge is 0.235 e. The number of rotatable bonds is 6. The molecule has 0 atom stereocenters. The van der Waals surface area contributed by atoms with Crippen LogP contribution in [0, 0.1) is 11.3 Å². The number of nitrogens with zero attached hydrogens (tertiary/aromatic N) is 3. The highest BCUT2D eigenvalue weighted by Crippen LogP contribution is 2.16. The summed E-state index contributed by atoms with van der Waals surface area (Å²) in [6.45, 7) is 4.03. The van der Waals surface area contributed by atoms with Crippen molar-refractivity contribution in [3.8, 4) is 6.07 Å². The Morgan fingerprint density at radius 1 is 1.36 bits per heavy atom. The van der Waals surface area contributed by atoms with Crippen molar-refractivity contribution in [1.82, 2.24) is 9.78 Å². The summed E-state index contributed by atoms with van der Waals surface area (Å²) < 4.78 is 1.78. The van der Waals surface area contributed by atoms with Gasteiger partial charge in [-0.2, -0.15) is 10.4 Å². The van der Waals surface area contributed by atoms with Crippen molar-refractivity contribution >= 4 is 23.5 Å². The van der Waals surface area contributed by atoms with Gasteiger partial charge in [0.05, 0.1) is 23.6 Å². The van der Waals surface area contributed by atoms with Crippen molar-refractivity contribution in [3.63, 3.8) is 0 Å². The van der Waals surface area contributed by atoms with E-state index in [-0.39, 0.29) is 11.9 Å². The average Bonchev–Trinajstić information content (AvgIpc) is 2.96. The van der Waals surface area contributed by atoms with Gasteiger partial charge in [-0.1, -0.05) is 12.1 Å². The van der Waals surface area contributed by atoms with Crippen LogP contribution in [0.15, 0.2) is 36.5 Å². The van der Waals surface area contributed by atoms with Gasteiger partial charge in [0.1, 0.15) is 5.82 Å². The van der Waals surface area contributed by atoms with Crippen molar-refractivity contribution in [2.24, 2.45) is 0 Å². The fourth-order valence-corrected chi connectivity index (χ4v) is 2.73. The Hall–Kier alpha value is -2.26. The van der Waals surface area contributed by atoms with Gasteiger partial charge in [0.2, 0.25) is 5.91 Å². The van der Waals surface area contributed by atoms with E-state index in [1.807, 2.05) is 26.0 Å². The Kier molecular flexibility index (Phi) is 5.61. The molecule has 0 fully saturated rings. The van der Waals surface area contributed by atoms with Crippen molar-refractivity contribution in [2.75, 3.05) is 11.1 Å². The van der Waals surface area contributed by atoms with Crippen LogP contribution in [0.25, 0.3) is 0 Å². The molecule has 0 aliphatic rings. The maximum absolute atomic E-state index is 12.0. The molecule has 1 aromatic heterocycles. The number of nitrogens with one attached hydrogen (secondary N) is 1. The third kappa shape index (κ3) is 4.37. The quantitative estimate of drug-likeness (QED) is 0.889. The van der Waals surface area contributed by atoms with Crippen LogP contribution in [0.3, 0.4) is 0 Å². The molecule has 0 saturated heterocycles. The van der Waals surface area contributed by atoms with Gasteiger partial charge < -0.3 is 5.32 Å². The van der Waals surface area contributed by atoms with Gasteiger partial charge in [0.15, 0.2) is 0 Å². The van der Waals surface area contributed by atoms with Crippen molar-refractivity contribution in [2.45, 2.75) is 25.6 Å². The molecule has 0 aliphatic carbocycles. The second-order valence-corrected chi connectivity index (χ2v) is 6.09. The largest absolute Gasteiger partial charge is 0.310 e. The van der Waals surface area contributed by atoms with Gasteiger partial charge in [-0.3, -0.25) is 4.79 Å². The van der Waals surface area contributed by atoms with Gasteiger partial charge >= 0.3 is 0 Å². The lowest BCUT2D eigenvalue weighted by Gasteiger charge is -2.11. The fraction of sp³-hybridized carbons (Fsp3) is 0.312. The molecule has 0 bridgehead atoms. The van der Waals surface area contributed by atoms with Crippen LogP contribution in [-0.4, -0.2) is 21.4 Å². The molecule has 2 aromatic rings. The Morgan fingerprint density at radius 3 is 2.73 bits per heavy atom. The van der Waals surface area contributed by atoms with Crippen LogP contribution in [0.5, 0.6) is 0 Å². The Bertz CT molecular complexity index is 670. The minimum atomic E-state index is -0.0407. The number of aromatic nitrogens is 2. The molecule has 5 nitrogen and oxygen atoms in total. The summed E-state index contributed by atoms with van der Waals surface area (Å²) in [6, 6.07) is 11.5. The van der Waals surface area contributed by atoms with Crippen molar-refractivity contribution in [3.05, 3.63) is 47.7 Å². The average molecular weight is 314 g/mol. The number of nitriles is 1. The lowest BCUT2D eigenvalue weighted by molar-refractivity contribution is -0.113. The van der Waals surface area contributed by atoms with Gasteiger partial charge in [0.25, 0.3) is 0 Å². The van der Waals surface area contributed by atoms with Gasteiger partial charge in [-0.25, -0.2) is 4.68 Å². The van der Waals surface area contributed by atoms with Gasteiger partial charge in [-0.15, -0.1) is 11.8 Å². The Labute approximate surface area is 134 Å². The molecule has 6 heteroatoms. The first kappa shape index (κ1) is 16.1. The summed E-state index contributed by atoms with van der Waals surface area (Å²) in [6.07, 6.45) is 1.68. The molecule has 2 rings (SSSR count). The van der Waals surface area contributed by atoms with Crippen LogP contribution < -0.4 is 5.32 Å². The highest BCUT2D eigenvalue weighted by atomic mass is 32.2. The van der Waals surface area contributed by atoms with E-state index >= 15 is 0 Å². The van der Waals surface area contributed by atoms with E-state index in [0.29, 0.717) is 11.3 Å². The Balaban J connectivity index is 1.80. The SMILES string of the molecule is CC(C)n1nccc1NC(=O)CSCc1ccc(C#N)cc1. The van der Waals surface area contributed by atoms with Gasteiger partial charge in [0, 0.05) is 17.9 Å². The molecule has 0 radical (unpaired) electrons. The monoisotopic (exact) mass is 314 g/mol. The normalized spacial score (nSPS) is 10.5. The molecule has 0 unspecified atom stereocenters. The van der Waals surface area contributed by atoms with Crippen LogP contribution in [-0.2, 0) is 10.5 Å². The van der Waals surface area contributed by atoms with Crippen molar-refractivity contribution in [1.29, 1.82) is 5.26 Å². The van der Waals surface area contributed by atoms with E-state index in [2.05, 4.69) is 16.5 Å². The zero-order valence-electron chi connectivity index (χ0n) is 12.6. The van der Waals surface area contributed by atoms with Crippen molar-refractivity contribution < 1.29 is 4.79 Å². The fourth-order valence-electron chi connectivity index (χ4n) is 1.94. The molecule has 1 aromatic carbocycles. The number of carbonyl (C=O) groups is 1. The van der Waals surface area contributed by atoms with Crippen LogP contribution in [0.2, 0.25) is 0 Å². The number of thioether (sulfide) groups is 1. The molecular formula is C16H18N4OS. The number of anilines is 1. The molecule has 1 amide bonds. The third-order valence-corrected chi connectivity index (χ3v) is 4.02. The van der Waals surface area contributed by atoms with E-state index in [0.717, 1.165) is 17.1 Å². The minimum Gasteiger partial charge on any atom is -0.310 e. The molecule has 114 valence electrons. The first-order valence-corrected chi connectivity index (χ1v) is 8.15. The molecular weight excluding hydrogens is 296 g/mol. The third-order valence-electron chi connectivity index (χ3n) is 3.01. The first-order chi connectivity index (χ1) is 10.6. The van der Waals surface area contributed by atoms with Crippen LogP contribution >= 0.6 is 11.8 Å². The molecule has 22 heavy (non-hydrogen) atoms. The second-order valence-electron chi connectivity index (χ2n) is 5.10. The number of carbonyl (C=O) groups excluding carboxylic acids is 1. The number of hydrogen-bond acceptors (Lipinski definition) is 4. The summed E-state index contributed by atoms with van der Waals surface area (Å²) in [7, 11) is 0. The van der Waals surface area contributed by atoms with E-state index in [1.54, 1.807) is 29.1 Å². The van der Waals surface area contributed by atoms with Gasteiger partial charge in [-0.05, 0) is 31.5 Å². The molecule has 0 aliphatic heterocycles. The highest BCUT2D eigenvalue weighted by Gasteiger charge is 2.09. The summed E-state index contributed by atoms with van der Waals surface area (Å²) >= 11 is 1.54. The maximum atomic E-state index is 12.0. The van der Waals surface area contributed by atoms with E-state index in [1.165, 1.54) is 11.8 Å². The number of amides is 1. The van der Waals surface area contributed by atoms with Crippen LogP contribution in [0.4, 0.5) is 5.82 Å². The van der Waals surface area contributed by atoms with E-state index in [9.17, 15) is 4.79 Å². The Morgan fingerprint density at radius 2 is 2.09 bits per heavy atom. The summed E-state index contributed by atoms with van der Waals surface area (Å²) in [4.78, 5) is 12.0. The predicted molar refractivity (Wildman–Crippen MR) is 88.6 cm³/mol.